The fourth-order valence-electron chi connectivity index (χ4n) is 2.06. The second-order valence-corrected chi connectivity index (χ2v) is 4.27. The Hall–Kier alpha value is -0.780. The molecule has 0 aliphatic carbocycles. The Kier molecular flexibility index (Phi) is 6.15. The van der Waals surface area contributed by atoms with Gasteiger partial charge >= 0.3 is 0 Å². The summed E-state index contributed by atoms with van der Waals surface area (Å²) in [6.45, 7) is 4.55. The molecule has 0 spiro atoms. The maximum Gasteiger partial charge on any atom is -0.0146 e. The summed E-state index contributed by atoms with van der Waals surface area (Å²) in [6.07, 6.45) is 8.04. The highest BCUT2D eigenvalue weighted by molar-refractivity contribution is 5.17. The lowest BCUT2D eigenvalue weighted by atomic mass is 9.91. The van der Waals surface area contributed by atoms with Gasteiger partial charge in [-0.3, -0.25) is 0 Å². The Labute approximate surface area is 94.7 Å². The molecule has 1 radical (unpaired) electrons. The number of rotatable bonds is 7. The first-order valence-corrected chi connectivity index (χ1v) is 6.35. The quantitative estimate of drug-likeness (QED) is 0.550. The number of hydrogen-bond donors (Lipinski definition) is 0. The molecule has 83 valence electrons. The maximum atomic E-state index is 3.36. The molecule has 0 aliphatic rings. The van der Waals surface area contributed by atoms with Crippen LogP contribution in [0.3, 0.4) is 0 Å². The van der Waals surface area contributed by atoms with Crippen LogP contribution in [0.4, 0.5) is 0 Å². The van der Waals surface area contributed by atoms with Crippen molar-refractivity contribution >= 4 is 0 Å². The van der Waals surface area contributed by atoms with Gasteiger partial charge in [-0.15, -0.1) is 0 Å². The standard InChI is InChI=1S/C15H23/c1-3-5-6-8-11-14(4-2)15-12-9-7-10-13-15/h7,9-10,12,14H,3-6,8,11H2,1-2H3. The summed E-state index contributed by atoms with van der Waals surface area (Å²) in [4.78, 5) is 0. The minimum absolute atomic E-state index is 0.725. The zero-order chi connectivity index (χ0) is 10.9. The van der Waals surface area contributed by atoms with Crippen LogP contribution in [0.1, 0.15) is 63.9 Å². The van der Waals surface area contributed by atoms with E-state index in [1.54, 1.807) is 0 Å². The van der Waals surface area contributed by atoms with Gasteiger partial charge in [0.1, 0.15) is 0 Å². The second kappa shape index (κ2) is 7.50. The lowest BCUT2D eigenvalue weighted by molar-refractivity contribution is 0.542. The van der Waals surface area contributed by atoms with Crippen molar-refractivity contribution in [1.82, 2.24) is 0 Å². The first kappa shape index (κ1) is 12.3. The Balaban J connectivity index is 2.36. The van der Waals surface area contributed by atoms with E-state index in [1.165, 1.54) is 44.1 Å². The predicted octanol–water partition coefficient (Wildman–Crippen LogP) is 4.95. The molecule has 1 unspecified atom stereocenters. The van der Waals surface area contributed by atoms with Crippen LogP contribution in [0, 0.1) is 6.07 Å². The van der Waals surface area contributed by atoms with Gasteiger partial charge in [0.15, 0.2) is 0 Å². The molecule has 1 aromatic rings. The monoisotopic (exact) mass is 203 g/mol. The molecule has 0 fully saturated rings. The third kappa shape index (κ3) is 4.51. The van der Waals surface area contributed by atoms with Crippen molar-refractivity contribution in [1.29, 1.82) is 0 Å². The van der Waals surface area contributed by atoms with Gasteiger partial charge in [0.05, 0.1) is 0 Å². The van der Waals surface area contributed by atoms with E-state index >= 15 is 0 Å². The molecule has 1 aromatic carbocycles. The van der Waals surface area contributed by atoms with Crippen molar-refractivity contribution in [3.63, 3.8) is 0 Å². The molecule has 0 amide bonds. The highest BCUT2D eigenvalue weighted by Gasteiger charge is 2.07. The molecular formula is C15H23. The third-order valence-corrected chi connectivity index (χ3v) is 3.07. The summed E-state index contributed by atoms with van der Waals surface area (Å²) in [5.74, 6) is 0.725. The van der Waals surface area contributed by atoms with E-state index in [0.717, 1.165) is 5.92 Å². The minimum atomic E-state index is 0.725. The molecule has 0 heterocycles. The fraction of sp³-hybridized carbons (Fsp3) is 0.600. The second-order valence-electron chi connectivity index (χ2n) is 4.27. The SMILES string of the molecule is CCCCCCC(CC)c1[c]cccc1. The summed E-state index contributed by atoms with van der Waals surface area (Å²) < 4.78 is 0. The van der Waals surface area contributed by atoms with Gasteiger partial charge in [-0.2, -0.15) is 0 Å². The first-order chi connectivity index (χ1) is 7.38. The summed E-state index contributed by atoms with van der Waals surface area (Å²) in [5.41, 5.74) is 1.40. The zero-order valence-electron chi connectivity index (χ0n) is 10.1. The van der Waals surface area contributed by atoms with Crippen LogP contribution in [0.15, 0.2) is 24.3 Å². The molecule has 1 rings (SSSR count). The summed E-state index contributed by atoms with van der Waals surface area (Å²) >= 11 is 0. The molecule has 0 saturated heterocycles. The normalized spacial score (nSPS) is 12.7. The van der Waals surface area contributed by atoms with E-state index in [1.807, 2.05) is 12.1 Å². The van der Waals surface area contributed by atoms with E-state index in [-0.39, 0.29) is 0 Å². The highest BCUT2D eigenvalue weighted by Crippen LogP contribution is 2.25. The van der Waals surface area contributed by atoms with Gasteiger partial charge < -0.3 is 0 Å². The van der Waals surface area contributed by atoms with E-state index in [4.69, 9.17) is 0 Å². The molecule has 0 aromatic heterocycles. The largest absolute Gasteiger partial charge is 0.0654 e. The van der Waals surface area contributed by atoms with E-state index < -0.39 is 0 Å². The predicted molar refractivity (Wildman–Crippen MR) is 67.1 cm³/mol. The van der Waals surface area contributed by atoms with Crippen LogP contribution in [0.5, 0.6) is 0 Å². The average molecular weight is 203 g/mol. The number of benzene rings is 1. The summed E-state index contributed by atoms with van der Waals surface area (Å²) in [6, 6.07) is 11.8. The Morgan fingerprint density at radius 2 is 2.00 bits per heavy atom. The Morgan fingerprint density at radius 3 is 2.60 bits per heavy atom. The molecule has 0 N–H and O–H groups in total. The highest BCUT2D eigenvalue weighted by atomic mass is 14.1. The van der Waals surface area contributed by atoms with Gasteiger partial charge in [0.2, 0.25) is 0 Å². The molecular weight excluding hydrogens is 180 g/mol. The molecule has 0 nitrogen and oxygen atoms in total. The fourth-order valence-corrected chi connectivity index (χ4v) is 2.06. The molecule has 1 atom stereocenters. The van der Waals surface area contributed by atoms with Gasteiger partial charge in [-0.05, 0) is 30.4 Å². The van der Waals surface area contributed by atoms with Crippen LogP contribution < -0.4 is 0 Å². The first-order valence-electron chi connectivity index (χ1n) is 6.35. The maximum absolute atomic E-state index is 3.36. The van der Waals surface area contributed by atoms with Crippen molar-refractivity contribution in [2.24, 2.45) is 0 Å². The van der Waals surface area contributed by atoms with Crippen LogP contribution in [-0.4, -0.2) is 0 Å². The van der Waals surface area contributed by atoms with Crippen molar-refractivity contribution in [3.05, 3.63) is 35.9 Å². The topological polar surface area (TPSA) is 0 Å². The molecule has 0 heteroatoms. The van der Waals surface area contributed by atoms with E-state index in [2.05, 4.69) is 32.0 Å². The zero-order valence-corrected chi connectivity index (χ0v) is 10.1. The Morgan fingerprint density at radius 1 is 1.13 bits per heavy atom. The number of unbranched alkanes of at least 4 members (excludes halogenated alkanes) is 3. The van der Waals surface area contributed by atoms with Crippen molar-refractivity contribution < 1.29 is 0 Å². The average Bonchev–Trinajstić information content (AvgIpc) is 2.30. The smallest absolute Gasteiger partial charge is 0.0146 e. The lowest BCUT2D eigenvalue weighted by Crippen LogP contribution is -1.97. The van der Waals surface area contributed by atoms with Crippen LogP contribution >= 0.6 is 0 Å². The minimum Gasteiger partial charge on any atom is -0.0654 e. The molecule has 0 saturated carbocycles. The van der Waals surface area contributed by atoms with Gasteiger partial charge in [-0.25, -0.2) is 0 Å². The third-order valence-electron chi connectivity index (χ3n) is 3.07. The van der Waals surface area contributed by atoms with Crippen LogP contribution in [-0.2, 0) is 0 Å². The number of hydrogen-bond acceptors (Lipinski definition) is 0. The van der Waals surface area contributed by atoms with E-state index in [9.17, 15) is 0 Å². The van der Waals surface area contributed by atoms with Crippen molar-refractivity contribution in [3.8, 4) is 0 Å². The lowest BCUT2D eigenvalue weighted by Gasteiger charge is -2.14. The molecule has 0 aliphatic heterocycles. The molecule has 0 bridgehead atoms. The van der Waals surface area contributed by atoms with E-state index in [0.29, 0.717) is 0 Å². The Bertz CT molecular complexity index is 237. The molecule has 15 heavy (non-hydrogen) atoms. The van der Waals surface area contributed by atoms with Crippen molar-refractivity contribution in [2.45, 2.75) is 58.3 Å². The van der Waals surface area contributed by atoms with Gasteiger partial charge in [0, 0.05) is 0 Å². The van der Waals surface area contributed by atoms with Crippen LogP contribution in [0.25, 0.3) is 0 Å². The van der Waals surface area contributed by atoms with Gasteiger partial charge in [-0.1, -0.05) is 63.8 Å². The van der Waals surface area contributed by atoms with Crippen molar-refractivity contribution in [2.75, 3.05) is 0 Å². The summed E-state index contributed by atoms with van der Waals surface area (Å²) in [7, 11) is 0. The summed E-state index contributed by atoms with van der Waals surface area (Å²) in [5, 5.41) is 0. The van der Waals surface area contributed by atoms with Gasteiger partial charge in [0.25, 0.3) is 0 Å². The van der Waals surface area contributed by atoms with Crippen LogP contribution in [0.2, 0.25) is 0 Å².